The molecule has 0 aromatic heterocycles. The number of hydrogen-bond donors (Lipinski definition) is 1. The SMILES string of the molecule is C=C1CC[C@H]2[C@H](CN=[N+]=[N-])[C@@H]([C@@]3(C)CC/C(=N\OCCO)C[C@@H]3CO[Si](C)(C)C(C)(C)C)CC[C@]12C. The van der Waals surface area contributed by atoms with E-state index in [0.717, 1.165) is 50.8 Å². The maximum atomic E-state index is 9.23. The summed E-state index contributed by atoms with van der Waals surface area (Å²) in [5, 5.41) is 17.8. The fraction of sp³-hybridized carbons (Fsp3) is 0.893. The summed E-state index contributed by atoms with van der Waals surface area (Å²) < 4.78 is 6.84. The second-order valence-electron chi connectivity index (χ2n) is 13.6. The van der Waals surface area contributed by atoms with Crippen LogP contribution in [-0.4, -0.2) is 45.5 Å². The van der Waals surface area contributed by atoms with Crippen molar-refractivity contribution in [2.45, 2.75) is 97.7 Å². The molecule has 7 nitrogen and oxygen atoms in total. The molecular weight excluding hydrogens is 468 g/mol. The zero-order chi connectivity index (χ0) is 26.8. The molecule has 3 saturated carbocycles. The zero-order valence-electron chi connectivity index (χ0n) is 23.8. The molecule has 0 amide bonds. The standard InChI is InChI=1S/C28H50N4O3Si/c1-20-9-10-24-23(18-30-32-29)25(12-14-27(20,24)5)28(6)13-11-22(31-34-16-15-33)17-21(28)19-35-36(7,8)26(2,3)4/h21,23-25,33H,1,9-19H2,2-8H3/b31-22+/t21-,23+,24+,25+,27-,28+/m1/s1. The highest BCUT2D eigenvalue weighted by atomic mass is 28.4. The normalized spacial score (nSPS) is 36.4. The first-order chi connectivity index (χ1) is 16.8. The summed E-state index contributed by atoms with van der Waals surface area (Å²) in [5.41, 5.74) is 11.9. The van der Waals surface area contributed by atoms with E-state index in [1.54, 1.807) is 0 Å². The molecule has 6 atom stereocenters. The molecule has 0 aliphatic heterocycles. The van der Waals surface area contributed by atoms with Crippen LogP contribution in [0, 0.1) is 34.5 Å². The lowest BCUT2D eigenvalue weighted by Crippen LogP contribution is -2.52. The van der Waals surface area contributed by atoms with Gasteiger partial charge >= 0.3 is 0 Å². The molecule has 0 radical (unpaired) electrons. The number of rotatable bonds is 9. The Balaban J connectivity index is 1.93. The molecule has 0 unspecified atom stereocenters. The van der Waals surface area contributed by atoms with Gasteiger partial charge in [0.25, 0.3) is 0 Å². The summed E-state index contributed by atoms with van der Waals surface area (Å²) in [6, 6.07) is 0. The minimum atomic E-state index is -1.92. The Morgan fingerprint density at radius 1 is 1.17 bits per heavy atom. The molecule has 3 rings (SSSR count). The third-order valence-corrected chi connectivity index (χ3v) is 15.3. The number of aliphatic hydroxyl groups is 1. The molecule has 0 heterocycles. The van der Waals surface area contributed by atoms with E-state index in [1.807, 2.05) is 0 Å². The highest BCUT2D eigenvalue weighted by molar-refractivity contribution is 6.74. The smallest absolute Gasteiger partial charge is 0.191 e. The van der Waals surface area contributed by atoms with Crippen molar-refractivity contribution in [3.05, 3.63) is 22.6 Å². The molecule has 0 spiro atoms. The van der Waals surface area contributed by atoms with Gasteiger partial charge in [0, 0.05) is 18.1 Å². The van der Waals surface area contributed by atoms with E-state index in [-0.39, 0.29) is 29.1 Å². The molecule has 0 bridgehead atoms. The van der Waals surface area contributed by atoms with E-state index >= 15 is 0 Å². The van der Waals surface area contributed by atoms with Crippen molar-refractivity contribution in [1.29, 1.82) is 0 Å². The van der Waals surface area contributed by atoms with E-state index in [2.05, 4.69) is 69.5 Å². The summed E-state index contributed by atoms with van der Waals surface area (Å²) in [6.07, 6.45) is 7.34. The number of aliphatic hydroxyl groups excluding tert-OH is 1. The van der Waals surface area contributed by atoms with Gasteiger partial charge in [0.2, 0.25) is 0 Å². The largest absolute Gasteiger partial charge is 0.417 e. The van der Waals surface area contributed by atoms with Gasteiger partial charge in [0.1, 0.15) is 6.61 Å². The Hall–Kier alpha value is -1.34. The van der Waals surface area contributed by atoms with E-state index in [9.17, 15) is 5.53 Å². The van der Waals surface area contributed by atoms with Crippen LogP contribution in [0.5, 0.6) is 0 Å². The first-order valence-electron chi connectivity index (χ1n) is 13.9. The third kappa shape index (κ3) is 5.72. The molecule has 0 saturated heterocycles. The average Bonchev–Trinajstić information content (AvgIpc) is 3.11. The van der Waals surface area contributed by atoms with Crippen molar-refractivity contribution in [1.82, 2.24) is 0 Å². The molecule has 8 heteroatoms. The monoisotopic (exact) mass is 518 g/mol. The predicted octanol–water partition coefficient (Wildman–Crippen LogP) is 7.49. The number of nitrogens with zero attached hydrogens (tertiary/aromatic N) is 4. The Kier molecular flexibility index (Phi) is 9.07. The average molecular weight is 519 g/mol. The summed E-state index contributed by atoms with van der Waals surface area (Å²) in [4.78, 5) is 8.56. The molecule has 3 aliphatic rings. The van der Waals surface area contributed by atoms with Crippen LogP contribution in [0.25, 0.3) is 10.4 Å². The summed E-state index contributed by atoms with van der Waals surface area (Å²) >= 11 is 0. The van der Waals surface area contributed by atoms with Gasteiger partial charge in [-0.2, -0.15) is 0 Å². The Morgan fingerprint density at radius 2 is 1.89 bits per heavy atom. The van der Waals surface area contributed by atoms with Crippen molar-refractivity contribution in [3.63, 3.8) is 0 Å². The number of hydrogen-bond acceptors (Lipinski definition) is 5. The summed E-state index contributed by atoms with van der Waals surface area (Å²) in [6.45, 7) is 22.4. The van der Waals surface area contributed by atoms with Gasteiger partial charge in [-0.1, -0.05) is 57.0 Å². The molecule has 3 aliphatic carbocycles. The van der Waals surface area contributed by atoms with Gasteiger partial charge < -0.3 is 14.4 Å². The van der Waals surface area contributed by atoms with Crippen LogP contribution in [0.4, 0.5) is 0 Å². The van der Waals surface area contributed by atoms with E-state index < -0.39 is 8.32 Å². The summed E-state index contributed by atoms with van der Waals surface area (Å²) in [7, 11) is -1.92. The van der Waals surface area contributed by atoms with Crippen molar-refractivity contribution in [2.24, 2.45) is 44.8 Å². The summed E-state index contributed by atoms with van der Waals surface area (Å²) in [5.74, 6) is 1.68. The van der Waals surface area contributed by atoms with Crippen LogP contribution in [0.3, 0.4) is 0 Å². The quantitative estimate of drug-likeness (QED) is 0.0651. The highest BCUT2D eigenvalue weighted by Gasteiger charge is 2.56. The van der Waals surface area contributed by atoms with Crippen molar-refractivity contribution >= 4 is 14.0 Å². The maximum Gasteiger partial charge on any atom is 0.191 e. The number of oxime groups is 1. The molecule has 0 aromatic rings. The van der Waals surface area contributed by atoms with Crippen molar-refractivity contribution < 1.29 is 14.4 Å². The van der Waals surface area contributed by atoms with Crippen LogP contribution < -0.4 is 0 Å². The lowest BCUT2D eigenvalue weighted by Gasteiger charge is -2.56. The van der Waals surface area contributed by atoms with Crippen LogP contribution >= 0.6 is 0 Å². The van der Waals surface area contributed by atoms with Gasteiger partial charge in [-0.15, -0.1) is 0 Å². The topological polar surface area (TPSA) is 99.8 Å². The van der Waals surface area contributed by atoms with Gasteiger partial charge in [0.15, 0.2) is 8.32 Å². The minimum absolute atomic E-state index is 0.0268. The van der Waals surface area contributed by atoms with Gasteiger partial charge in [-0.3, -0.25) is 0 Å². The molecular formula is C28H50N4O3Si. The number of fused-ring (bicyclic) bond motifs is 1. The Morgan fingerprint density at radius 3 is 2.53 bits per heavy atom. The first kappa shape index (κ1) is 29.2. The zero-order valence-corrected chi connectivity index (χ0v) is 24.8. The van der Waals surface area contributed by atoms with Crippen LogP contribution in [0.2, 0.25) is 18.1 Å². The fourth-order valence-electron chi connectivity index (χ4n) is 7.16. The minimum Gasteiger partial charge on any atom is -0.417 e. The van der Waals surface area contributed by atoms with Crippen LogP contribution in [0.1, 0.15) is 79.6 Å². The second-order valence-corrected chi connectivity index (χ2v) is 18.4. The third-order valence-electron chi connectivity index (χ3n) is 10.8. The fourth-order valence-corrected chi connectivity index (χ4v) is 8.21. The van der Waals surface area contributed by atoms with Crippen LogP contribution in [-0.2, 0) is 9.26 Å². The molecule has 3 fully saturated rings. The van der Waals surface area contributed by atoms with Crippen molar-refractivity contribution in [3.8, 4) is 0 Å². The molecule has 36 heavy (non-hydrogen) atoms. The molecule has 1 N–H and O–H groups in total. The number of allylic oxidation sites excluding steroid dienone is 1. The predicted molar refractivity (Wildman–Crippen MR) is 149 cm³/mol. The maximum absolute atomic E-state index is 9.23. The molecule has 0 aromatic carbocycles. The van der Waals surface area contributed by atoms with Gasteiger partial charge in [-0.05, 0) is 103 Å². The first-order valence-corrected chi connectivity index (χ1v) is 16.8. The second kappa shape index (κ2) is 11.2. The molecule has 204 valence electrons. The Labute approximate surface area is 219 Å². The van der Waals surface area contributed by atoms with E-state index in [0.29, 0.717) is 30.2 Å². The lowest BCUT2D eigenvalue weighted by atomic mass is 9.49. The van der Waals surface area contributed by atoms with E-state index in [4.69, 9.17) is 14.4 Å². The van der Waals surface area contributed by atoms with Gasteiger partial charge in [-0.25, -0.2) is 0 Å². The highest BCUT2D eigenvalue weighted by Crippen LogP contribution is 2.63. The van der Waals surface area contributed by atoms with Crippen molar-refractivity contribution in [2.75, 3.05) is 26.4 Å². The lowest BCUT2D eigenvalue weighted by molar-refractivity contribution is -0.0549. The van der Waals surface area contributed by atoms with E-state index in [1.165, 1.54) is 12.0 Å². The number of azide groups is 1. The van der Waals surface area contributed by atoms with Gasteiger partial charge in [0.05, 0.1) is 12.3 Å². The Bertz CT molecular complexity index is 879. The van der Waals surface area contributed by atoms with Crippen LogP contribution in [0.15, 0.2) is 22.4 Å².